The third-order valence-electron chi connectivity index (χ3n) is 4.08. The Morgan fingerprint density at radius 3 is 2.00 bits per heavy atom. The Hall–Kier alpha value is -1.84. The summed E-state index contributed by atoms with van der Waals surface area (Å²) in [6.07, 6.45) is 13.4. The molecular formula is C20H33N3O. The number of benzene rings is 1. The van der Waals surface area contributed by atoms with Gasteiger partial charge in [-0.3, -0.25) is 10.7 Å². The van der Waals surface area contributed by atoms with E-state index in [0.717, 1.165) is 18.5 Å². The second-order valence-corrected chi connectivity index (χ2v) is 6.36. The molecule has 3 N–H and O–H groups in total. The van der Waals surface area contributed by atoms with Crippen molar-refractivity contribution in [1.82, 2.24) is 5.32 Å². The molecule has 0 atom stereocenters. The maximum Gasteiger partial charge on any atom is 0.324 e. The van der Waals surface area contributed by atoms with Crippen molar-refractivity contribution in [2.75, 3.05) is 5.32 Å². The van der Waals surface area contributed by atoms with E-state index < -0.39 is 0 Å². The molecule has 0 radical (unpaired) electrons. The van der Waals surface area contributed by atoms with Crippen LogP contribution in [0.1, 0.15) is 77.6 Å². The summed E-state index contributed by atoms with van der Waals surface area (Å²) in [7, 11) is 0. The van der Waals surface area contributed by atoms with Crippen LogP contribution in [0.4, 0.5) is 10.5 Å². The van der Waals surface area contributed by atoms with Crippen LogP contribution in [0.15, 0.2) is 30.3 Å². The van der Waals surface area contributed by atoms with Crippen molar-refractivity contribution >= 4 is 17.6 Å². The summed E-state index contributed by atoms with van der Waals surface area (Å²) < 4.78 is 0. The van der Waals surface area contributed by atoms with Crippen LogP contribution in [0.25, 0.3) is 0 Å². The lowest BCUT2D eigenvalue weighted by Gasteiger charge is -2.08. The molecule has 1 aromatic carbocycles. The summed E-state index contributed by atoms with van der Waals surface area (Å²) in [6, 6.07) is 8.95. The van der Waals surface area contributed by atoms with E-state index in [-0.39, 0.29) is 6.03 Å². The fourth-order valence-electron chi connectivity index (χ4n) is 2.67. The molecule has 4 heteroatoms. The van der Waals surface area contributed by atoms with Gasteiger partial charge in [-0.05, 0) is 18.6 Å². The maximum atomic E-state index is 11.7. The lowest BCUT2D eigenvalue weighted by atomic mass is 10.1. The summed E-state index contributed by atoms with van der Waals surface area (Å²) in [4.78, 5) is 11.7. The number of hydrogen-bond acceptors (Lipinski definition) is 2. The Labute approximate surface area is 146 Å². The lowest BCUT2D eigenvalue weighted by molar-refractivity contribution is 0.256. The summed E-state index contributed by atoms with van der Waals surface area (Å²) in [5.41, 5.74) is 0.738. The molecule has 0 saturated carbocycles. The van der Waals surface area contributed by atoms with Gasteiger partial charge in [0, 0.05) is 12.1 Å². The number of carbonyl (C=O) groups is 1. The second kappa shape index (κ2) is 13.6. The quantitative estimate of drug-likeness (QED) is 0.242. The summed E-state index contributed by atoms with van der Waals surface area (Å²) in [5.74, 6) is 0.294. The standard InChI is InChI=1S/C20H33N3O/c1-2-3-4-5-6-7-8-9-10-14-17-19(21)23-20(24)22-18-15-12-11-13-16-18/h11-13,15-16H,2-10,14,17H2,1H3,(H3,21,22,23,24). The summed E-state index contributed by atoms with van der Waals surface area (Å²) >= 11 is 0. The number of rotatable bonds is 12. The number of carbonyl (C=O) groups excluding carboxylic acids is 1. The first-order chi connectivity index (χ1) is 11.7. The molecule has 0 heterocycles. The SMILES string of the molecule is CCCCCCCCCCCCC(=N)NC(=O)Nc1ccccc1. The van der Waals surface area contributed by atoms with E-state index in [1.54, 1.807) is 0 Å². The molecule has 134 valence electrons. The number of amidine groups is 1. The number of amides is 2. The smallest absolute Gasteiger partial charge is 0.308 e. The molecule has 0 fully saturated rings. The fraction of sp³-hybridized carbons (Fsp3) is 0.600. The van der Waals surface area contributed by atoms with Crippen molar-refractivity contribution < 1.29 is 4.79 Å². The minimum atomic E-state index is -0.335. The molecule has 1 aromatic rings. The average molecular weight is 332 g/mol. The Morgan fingerprint density at radius 1 is 0.875 bits per heavy atom. The van der Waals surface area contributed by atoms with Gasteiger partial charge < -0.3 is 5.32 Å². The first-order valence-electron chi connectivity index (χ1n) is 9.43. The Morgan fingerprint density at radius 2 is 1.42 bits per heavy atom. The van der Waals surface area contributed by atoms with Crippen molar-refractivity contribution in [1.29, 1.82) is 5.41 Å². The van der Waals surface area contributed by atoms with Crippen LogP contribution >= 0.6 is 0 Å². The number of unbranched alkanes of at least 4 members (excludes halogenated alkanes) is 9. The topological polar surface area (TPSA) is 65.0 Å². The van der Waals surface area contributed by atoms with Crippen LogP contribution in [0, 0.1) is 5.41 Å². The molecule has 0 unspecified atom stereocenters. The molecule has 0 aromatic heterocycles. The van der Waals surface area contributed by atoms with Gasteiger partial charge in [0.2, 0.25) is 0 Å². The van der Waals surface area contributed by atoms with Crippen molar-refractivity contribution in [3.63, 3.8) is 0 Å². The Balaban J connectivity index is 1.95. The van der Waals surface area contributed by atoms with Gasteiger partial charge in [-0.25, -0.2) is 4.79 Å². The zero-order valence-electron chi connectivity index (χ0n) is 15.1. The van der Waals surface area contributed by atoms with Gasteiger partial charge in [0.25, 0.3) is 0 Å². The van der Waals surface area contributed by atoms with Gasteiger partial charge in [-0.2, -0.15) is 0 Å². The van der Waals surface area contributed by atoms with Gasteiger partial charge in [-0.1, -0.05) is 82.9 Å². The zero-order chi connectivity index (χ0) is 17.5. The van der Waals surface area contributed by atoms with E-state index in [1.165, 1.54) is 51.4 Å². The molecule has 0 aliphatic heterocycles. The molecule has 0 bridgehead atoms. The average Bonchev–Trinajstić information content (AvgIpc) is 2.57. The van der Waals surface area contributed by atoms with E-state index in [2.05, 4.69) is 17.6 Å². The number of hydrogen-bond donors (Lipinski definition) is 3. The maximum absolute atomic E-state index is 11.7. The van der Waals surface area contributed by atoms with Crippen LogP contribution in [0.5, 0.6) is 0 Å². The highest BCUT2D eigenvalue weighted by molar-refractivity contribution is 6.02. The molecule has 0 aliphatic rings. The number of urea groups is 1. The summed E-state index contributed by atoms with van der Waals surface area (Å²) in [5, 5.41) is 13.1. The lowest BCUT2D eigenvalue weighted by Crippen LogP contribution is -2.33. The number of para-hydroxylation sites is 1. The van der Waals surface area contributed by atoms with Gasteiger partial charge in [0.05, 0.1) is 0 Å². The van der Waals surface area contributed by atoms with Crippen LogP contribution in [0.3, 0.4) is 0 Å². The predicted molar refractivity (Wildman–Crippen MR) is 103 cm³/mol. The van der Waals surface area contributed by atoms with Crippen LogP contribution in [0.2, 0.25) is 0 Å². The minimum absolute atomic E-state index is 0.294. The Bertz CT molecular complexity index is 459. The van der Waals surface area contributed by atoms with Crippen LogP contribution < -0.4 is 10.6 Å². The third kappa shape index (κ3) is 10.8. The third-order valence-corrected chi connectivity index (χ3v) is 4.08. The highest BCUT2D eigenvalue weighted by atomic mass is 16.2. The van der Waals surface area contributed by atoms with E-state index in [0.29, 0.717) is 12.3 Å². The number of nitrogens with one attached hydrogen (secondary N) is 3. The highest BCUT2D eigenvalue weighted by Gasteiger charge is 2.04. The molecule has 1 rings (SSSR count). The van der Waals surface area contributed by atoms with Crippen molar-refractivity contribution in [3.8, 4) is 0 Å². The van der Waals surface area contributed by atoms with Gasteiger partial charge in [0.1, 0.15) is 5.84 Å². The van der Waals surface area contributed by atoms with E-state index >= 15 is 0 Å². The monoisotopic (exact) mass is 331 g/mol. The molecule has 0 aliphatic carbocycles. The van der Waals surface area contributed by atoms with E-state index in [1.807, 2.05) is 30.3 Å². The minimum Gasteiger partial charge on any atom is -0.308 e. The van der Waals surface area contributed by atoms with Crippen molar-refractivity contribution in [2.45, 2.75) is 77.6 Å². The normalized spacial score (nSPS) is 10.4. The first kappa shape index (κ1) is 20.2. The molecule has 0 saturated heterocycles. The fourth-order valence-corrected chi connectivity index (χ4v) is 2.67. The highest BCUT2D eigenvalue weighted by Crippen LogP contribution is 2.11. The second-order valence-electron chi connectivity index (χ2n) is 6.36. The molecular weight excluding hydrogens is 298 g/mol. The van der Waals surface area contributed by atoms with Crippen molar-refractivity contribution in [3.05, 3.63) is 30.3 Å². The van der Waals surface area contributed by atoms with E-state index in [9.17, 15) is 4.79 Å². The largest absolute Gasteiger partial charge is 0.324 e. The molecule has 0 spiro atoms. The summed E-state index contributed by atoms with van der Waals surface area (Å²) in [6.45, 7) is 2.25. The molecule has 2 amide bonds. The van der Waals surface area contributed by atoms with E-state index in [4.69, 9.17) is 5.41 Å². The van der Waals surface area contributed by atoms with Gasteiger partial charge in [0.15, 0.2) is 0 Å². The van der Waals surface area contributed by atoms with Crippen LogP contribution in [-0.4, -0.2) is 11.9 Å². The van der Waals surface area contributed by atoms with Gasteiger partial charge >= 0.3 is 6.03 Å². The predicted octanol–water partition coefficient (Wildman–Crippen LogP) is 6.10. The number of anilines is 1. The molecule has 24 heavy (non-hydrogen) atoms. The Kier molecular flexibility index (Phi) is 11.4. The molecule has 4 nitrogen and oxygen atoms in total. The van der Waals surface area contributed by atoms with Crippen molar-refractivity contribution in [2.24, 2.45) is 0 Å². The van der Waals surface area contributed by atoms with Gasteiger partial charge in [-0.15, -0.1) is 0 Å². The van der Waals surface area contributed by atoms with Crippen LogP contribution in [-0.2, 0) is 0 Å². The zero-order valence-corrected chi connectivity index (χ0v) is 15.1. The first-order valence-corrected chi connectivity index (χ1v) is 9.43.